The number of carbonyl (C=O) groups excluding carboxylic acids is 2. The zero-order chi connectivity index (χ0) is 21.3. The summed E-state index contributed by atoms with van der Waals surface area (Å²) in [6, 6.07) is 12.4. The second kappa shape index (κ2) is 10.5. The Morgan fingerprint density at radius 2 is 1.57 bits per heavy atom. The Labute approximate surface area is 177 Å². The first-order valence-electron chi connectivity index (χ1n) is 10.4. The lowest BCUT2D eigenvalue weighted by atomic mass is 9.93. The van der Waals surface area contributed by atoms with Gasteiger partial charge in [-0.1, -0.05) is 30.4 Å². The fraction of sp³-hybridized carbons (Fsp3) is 0.333. The molecule has 6 nitrogen and oxygen atoms in total. The highest BCUT2D eigenvalue weighted by atomic mass is 16.5. The van der Waals surface area contributed by atoms with Crippen LogP contribution in [0.3, 0.4) is 0 Å². The Hall–Kier alpha value is -3.28. The molecule has 0 saturated heterocycles. The lowest BCUT2D eigenvalue weighted by Gasteiger charge is -2.21. The Kier molecular flexibility index (Phi) is 7.49. The second-order valence-electron chi connectivity index (χ2n) is 7.00. The van der Waals surface area contributed by atoms with E-state index in [1.807, 2.05) is 38.1 Å². The lowest BCUT2D eigenvalue weighted by molar-refractivity contribution is -0.120. The predicted octanol–water partition coefficient (Wildman–Crippen LogP) is 5.03. The van der Waals surface area contributed by atoms with Gasteiger partial charge in [-0.3, -0.25) is 9.59 Å². The molecule has 1 aliphatic carbocycles. The molecule has 2 N–H and O–H groups in total. The van der Waals surface area contributed by atoms with Crippen LogP contribution in [0.2, 0.25) is 0 Å². The largest absolute Gasteiger partial charge is 0.492 e. The monoisotopic (exact) mass is 408 g/mol. The minimum absolute atomic E-state index is 0.0381. The van der Waals surface area contributed by atoms with Crippen LogP contribution in [0.5, 0.6) is 11.5 Å². The number of hydrogen-bond donors (Lipinski definition) is 2. The zero-order valence-corrected chi connectivity index (χ0v) is 17.4. The van der Waals surface area contributed by atoms with Gasteiger partial charge >= 0.3 is 0 Å². The molecule has 3 rings (SSSR count). The van der Waals surface area contributed by atoms with Gasteiger partial charge in [0.15, 0.2) is 0 Å². The molecule has 0 aliphatic heterocycles. The van der Waals surface area contributed by atoms with Crippen molar-refractivity contribution in [3.63, 3.8) is 0 Å². The summed E-state index contributed by atoms with van der Waals surface area (Å²) in [6.45, 7) is 4.58. The first-order chi connectivity index (χ1) is 14.6. The first kappa shape index (κ1) is 21.4. The highest BCUT2D eigenvalue weighted by Gasteiger charge is 2.22. The number of nitrogens with one attached hydrogen (secondary N) is 2. The zero-order valence-electron chi connectivity index (χ0n) is 17.4. The molecular weight excluding hydrogens is 380 g/mol. The lowest BCUT2D eigenvalue weighted by Crippen LogP contribution is -2.24. The number of hydrogen-bond acceptors (Lipinski definition) is 4. The predicted molar refractivity (Wildman–Crippen MR) is 118 cm³/mol. The summed E-state index contributed by atoms with van der Waals surface area (Å²) < 4.78 is 11.5. The summed E-state index contributed by atoms with van der Waals surface area (Å²) in [5.74, 6) is 0.624. The molecule has 0 fully saturated rings. The Morgan fingerprint density at radius 3 is 2.13 bits per heavy atom. The van der Waals surface area contributed by atoms with Crippen molar-refractivity contribution in [2.24, 2.45) is 5.92 Å². The maximum atomic E-state index is 12.7. The highest BCUT2D eigenvalue weighted by Crippen LogP contribution is 2.37. The highest BCUT2D eigenvalue weighted by molar-refractivity contribution is 6.05. The summed E-state index contributed by atoms with van der Waals surface area (Å²) >= 11 is 0. The van der Waals surface area contributed by atoms with Crippen LogP contribution >= 0.6 is 0 Å². The van der Waals surface area contributed by atoms with E-state index < -0.39 is 0 Å². The van der Waals surface area contributed by atoms with Gasteiger partial charge < -0.3 is 20.1 Å². The van der Waals surface area contributed by atoms with Crippen molar-refractivity contribution in [1.82, 2.24) is 0 Å². The molecule has 0 aromatic heterocycles. The first-order valence-corrected chi connectivity index (χ1v) is 10.4. The van der Waals surface area contributed by atoms with E-state index in [1.165, 1.54) is 0 Å². The van der Waals surface area contributed by atoms with Crippen molar-refractivity contribution in [1.29, 1.82) is 0 Å². The quantitative estimate of drug-likeness (QED) is 0.601. The molecule has 1 unspecified atom stereocenters. The van der Waals surface area contributed by atoms with Crippen molar-refractivity contribution >= 4 is 23.2 Å². The molecule has 2 amide bonds. The molecule has 0 bridgehead atoms. The fourth-order valence-corrected chi connectivity index (χ4v) is 3.36. The van der Waals surface area contributed by atoms with Crippen molar-refractivity contribution in [2.75, 3.05) is 23.8 Å². The third kappa shape index (κ3) is 5.41. The van der Waals surface area contributed by atoms with Crippen LogP contribution in [-0.2, 0) is 4.79 Å². The number of benzene rings is 2. The summed E-state index contributed by atoms with van der Waals surface area (Å²) in [5, 5.41) is 5.87. The molecule has 2 aromatic rings. The number of anilines is 2. The van der Waals surface area contributed by atoms with Crippen LogP contribution in [0.4, 0.5) is 11.4 Å². The molecule has 0 spiro atoms. The minimum atomic E-state index is -0.246. The molecule has 1 aliphatic rings. The van der Waals surface area contributed by atoms with Gasteiger partial charge in [0, 0.05) is 23.6 Å². The molecule has 1 atom stereocenters. The van der Waals surface area contributed by atoms with Gasteiger partial charge in [0.2, 0.25) is 5.91 Å². The van der Waals surface area contributed by atoms with Gasteiger partial charge in [-0.05, 0) is 45.2 Å². The van der Waals surface area contributed by atoms with Crippen molar-refractivity contribution in [3.8, 4) is 11.5 Å². The third-order valence-corrected chi connectivity index (χ3v) is 4.86. The van der Waals surface area contributed by atoms with Crippen LogP contribution in [0.25, 0.3) is 0 Å². The Bertz CT molecular complexity index is 909. The number of rotatable bonds is 8. The average molecular weight is 408 g/mol. The van der Waals surface area contributed by atoms with Gasteiger partial charge in [-0.2, -0.15) is 0 Å². The molecule has 0 radical (unpaired) electrons. The Morgan fingerprint density at radius 1 is 0.933 bits per heavy atom. The van der Waals surface area contributed by atoms with Crippen LogP contribution in [0.1, 0.15) is 43.5 Å². The van der Waals surface area contributed by atoms with Crippen molar-refractivity contribution in [2.45, 2.75) is 33.1 Å². The van der Waals surface area contributed by atoms with Crippen molar-refractivity contribution < 1.29 is 19.1 Å². The summed E-state index contributed by atoms with van der Waals surface area (Å²) in [6.07, 6.45) is 6.62. The van der Waals surface area contributed by atoms with Crippen molar-refractivity contribution in [3.05, 3.63) is 60.2 Å². The summed E-state index contributed by atoms with van der Waals surface area (Å²) in [7, 11) is 0. The van der Waals surface area contributed by atoms with E-state index in [-0.39, 0.29) is 17.7 Å². The second-order valence-corrected chi connectivity index (χ2v) is 7.00. The molecule has 2 aromatic carbocycles. The van der Waals surface area contributed by atoms with E-state index in [0.717, 1.165) is 19.3 Å². The summed E-state index contributed by atoms with van der Waals surface area (Å²) in [4.78, 5) is 25.4. The van der Waals surface area contributed by atoms with E-state index in [1.54, 1.807) is 24.3 Å². The van der Waals surface area contributed by atoms with E-state index in [2.05, 4.69) is 16.7 Å². The third-order valence-electron chi connectivity index (χ3n) is 4.86. The number of allylic oxidation sites excluding steroid dienone is 2. The average Bonchev–Trinajstić information content (AvgIpc) is 2.78. The van der Waals surface area contributed by atoms with Gasteiger partial charge in [-0.15, -0.1) is 0 Å². The van der Waals surface area contributed by atoms with Gasteiger partial charge in [-0.25, -0.2) is 0 Å². The smallest absolute Gasteiger partial charge is 0.255 e. The maximum absolute atomic E-state index is 12.7. The molecule has 0 saturated carbocycles. The number of ether oxygens (including phenoxy) is 2. The fourth-order valence-electron chi connectivity index (χ4n) is 3.36. The van der Waals surface area contributed by atoms with E-state index in [0.29, 0.717) is 41.7 Å². The molecule has 6 heteroatoms. The molecule has 158 valence electrons. The Balaban J connectivity index is 1.87. The van der Waals surface area contributed by atoms with E-state index in [4.69, 9.17) is 9.47 Å². The van der Waals surface area contributed by atoms with Gasteiger partial charge in [0.1, 0.15) is 11.5 Å². The van der Waals surface area contributed by atoms with E-state index in [9.17, 15) is 9.59 Å². The molecule has 30 heavy (non-hydrogen) atoms. The topological polar surface area (TPSA) is 76.7 Å². The molecular formula is C24H28N2O4. The van der Waals surface area contributed by atoms with E-state index >= 15 is 0 Å². The van der Waals surface area contributed by atoms with Crippen LogP contribution in [-0.4, -0.2) is 25.0 Å². The van der Waals surface area contributed by atoms with Gasteiger partial charge in [0.05, 0.1) is 24.6 Å². The standard InChI is InChI=1S/C24H28N2O4/c1-3-29-21-15-20(26-24(28)18-13-9-6-10-14-18)22(30-4-2)16-19(21)25-23(27)17-11-7-5-8-12-17/h5-9,11-12,15-16,18H,3-4,10,13-14H2,1-2H3,(H,25,27)(H,26,28). The normalized spacial score (nSPS) is 15.3. The maximum Gasteiger partial charge on any atom is 0.255 e. The minimum Gasteiger partial charge on any atom is -0.492 e. The van der Waals surface area contributed by atoms with Crippen LogP contribution in [0.15, 0.2) is 54.6 Å². The summed E-state index contributed by atoms with van der Waals surface area (Å²) in [5.41, 5.74) is 1.57. The van der Waals surface area contributed by atoms with Crippen LogP contribution in [0, 0.1) is 5.92 Å². The molecule has 0 heterocycles. The SMILES string of the molecule is CCOc1cc(NC(=O)C2CC=CCC2)c(OCC)cc1NC(=O)c1ccccc1. The van der Waals surface area contributed by atoms with Crippen LogP contribution < -0.4 is 20.1 Å². The number of amides is 2. The van der Waals surface area contributed by atoms with Gasteiger partial charge in [0.25, 0.3) is 5.91 Å². The number of carbonyl (C=O) groups is 2.